The highest BCUT2D eigenvalue weighted by Crippen LogP contribution is 2.42. The Kier molecular flexibility index (Phi) is 5.98. The number of hydrogen-bond donors (Lipinski definition) is 1. The quantitative estimate of drug-likeness (QED) is 0.555. The molecule has 170 valence electrons. The van der Waals surface area contributed by atoms with Gasteiger partial charge in [-0.15, -0.1) is 11.8 Å². The van der Waals surface area contributed by atoms with Gasteiger partial charge in [0.15, 0.2) is 0 Å². The van der Waals surface area contributed by atoms with Crippen molar-refractivity contribution in [1.82, 2.24) is 10.2 Å². The Morgan fingerprint density at radius 3 is 2.70 bits per heavy atom. The molecule has 3 aromatic rings. The fourth-order valence-corrected chi connectivity index (χ4v) is 5.72. The molecule has 1 fully saturated rings. The summed E-state index contributed by atoms with van der Waals surface area (Å²) in [7, 11) is 1.85. The Morgan fingerprint density at radius 2 is 1.94 bits per heavy atom. The predicted molar refractivity (Wildman–Crippen MR) is 132 cm³/mol. The minimum atomic E-state index is -0.445. The zero-order chi connectivity index (χ0) is 22.9. The summed E-state index contributed by atoms with van der Waals surface area (Å²) < 4.78 is 5.42. The molecule has 0 radical (unpaired) electrons. The average Bonchev–Trinajstić information content (AvgIpc) is 3.41. The van der Waals surface area contributed by atoms with Crippen LogP contribution in [0, 0.1) is 5.92 Å². The van der Waals surface area contributed by atoms with Gasteiger partial charge in [0.1, 0.15) is 11.6 Å². The summed E-state index contributed by atoms with van der Waals surface area (Å²) in [5.41, 5.74) is 2.38. The van der Waals surface area contributed by atoms with Crippen LogP contribution in [0.5, 0.6) is 0 Å². The minimum Gasteiger partial charge on any atom is -0.464 e. The fraction of sp³-hybridized carbons (Fsp3) is 0.346. The molecule has 1 aliphatic heterocycles. The molecule has 1 saturated carbocycles. The number of nitrogens with one attached hydrogen (secondary N) is 1. The largest absolute Gasteiger partial charge is 0.464 e. The maximum Gasteiger partial charge on any atom is 0.252 e. The number of carbonyl (C=O) groups excluding carboxylic acids is 2. The molecule has 2 aliphatic rings. The first-order chi connectivity index (χ1) is 16.0. The Morgan fingerprint density at radius 1 is 1.15 bits per heavy atom. The number of likely N-dealkylation sites (N-methyl/N-ethyl adjacent to an activating group) is 1. The van der Waals surface area contributed by atoms with Gasteiger partial charge in [0, 0.05) is 19.0 Å². The SMILES string of the molecule is CC1=NC(C(=O)N(C)C(CNC(=O)c2cccc3occc23)C2CC2)C(c2ccccc2)S1. The highest BCUT2D eigenvalue weighted by Gasteiger charge is 2.42. The third-order valence-corrected chi connectivity index (χ3v) is 7.74. The van der Waals surface area contributed by atoms with Crippen LogP contribution >= 0.6 is 11.8 Å². The Labute approximate surface area is 197 Å². The molecule has 2 aromatic carbocycles. The molecular formula is C26H27N3O3S. The Hall–Kier alpha value is -3.06. The van der Waals surface area contributed by atoms with E-state index in [-0.39, 0.29) is 23.1 Å². The summed E-state index contributed by atoms with van der Waals surface area (Å²) in [5.74, 6) is 0.260. The van der Waals surface area contributed by atoms with Crippen LogP contribution in [0.4, 0.5) is 0 Å². The number of hydrogen-bond acceptors (Lipinski definition) is 5. The van der Waals surface area contributed by atoms with Crippen LogP contribution in [-0.4, -0.2) is 47.4 Å². The highest BCUT2D eigenvalue weighted by molar-refractivity contribution is 8.14. The van der Waals surface area contributed by atoms with Gasteiger partial charge in [0.25, 0.3) is 5.91 Å². The minimum absolute atomic E-state index is 0.0105. The van der Waals surface area contributed by atoms with Gasteiger partial charge >= 0.3 is 0 Å². The van der Waals surface area contributed by atoms with Crippen LogP contribution in [0.15, 0.2) is 70.3 Å². The van der Waals surface area contributed by atoms with Crippen LogP contribution in [-0.2, 0) is 4.79 Å². The normalized spacial score (nSPS) is 21.0. The summed E-state index contributed by atoms with van der Waals surface area (Å²) in [6.07, 6.45) is 3.73. The fourth-order valence-electron chi connectivity index (χ4n) is 4.58. The number of furan rings is 1. The van der Waals surface area contributed by atoms with E-state index in [9.17, 15) is 9.59 Å². The second-order valence-electron chi connectivity index (χ2n) is 8.74. The zero-order valence-electron chi connectivity index (χ0n) is 18.7. The van der Waals surface area contributed by atoms with E-state index < -0.39 is 6.04 Å². The number of rotatable bonds is 7. The summed E-state index contributed by atoms with van der Waals surface area (Å²) >= 11 is 1.65. The highest BCUT2D eigenvalue weighted by atomic mass is 32.2. The first-order valence-electron chi connectivity index (χ1n) is 11.3. The summed E-state index contributed by atoms with van der Waals surface area (Å²) in [5, 5.41) is 4.77. The lowest BCUT2D eigenvalue weighted by Gasteiger charge is -2.31. The molecule has 3 atom stereocenters. The van der Waals surface area contributed by atoms with E-state index in [0.29, 0.717) is 23.6 Å². The van der Waals surface area contributed by atoms with Crippen LogP contribution in [0.3, 0.4) is 0 Å². The lowest BCUT2D eigenvalue weighted by Crippen LogP contribution is -2.49. The van der Waals surface area contributed by atoms with E-state index in [1.54, 1.807) is 30.2 Å². The summed E-state index contributed by atoms with van der Waals surface area (Å²) in [6, 6.07) is 16.9. The number of nitrogens with zero attached hydrogens (tertiary/aromatic N) is 2. The molecule has 1 aliphatic carbocycles. The molecule has 0 saturated heterocycles. The number of thioether (sulfide) groups is 1. The van der Waals surface area contributed by atoms with Crippen molar-refractivity contribution >= 4 is 39.6 Å². The number of fused-ring (bicyclic) bond motifs is 1. The lowest BCUT2D eigenvalue weighted by atomic mass is 10.0. The van der Waals surface area contributed by atoms with Crippen molar-refractivity contribution in [3.05, 3.63) is 72.0 Å². The van der Waals surface area contributed by atoms with E-state index in [1.807, 2.05) is 49.2 Å². The summed E-state index contributed by atoms with van der Waals surface area (Å²) in [4.78, 5) is 33.0. The molecule has 2 heterocycles. The van der Waals surface area contributed by atoms with Gasteiger partial charge in [-0.25, -0.2) is 0 Å². The van der Waals surface area contributed by atoms with Crippen LogP contribution in [0.25, 0.3) is 11.0 Å². The van der Waals surface area contributed by atoms with E-state index in [4.69, 9.17) is 9.41 Å². The van der Waals surface area contributed by atoms with E-state index in [1.165, 1.54) is 0 Å². The molecule has 6 nitrogen and oxygen atoms in total. The van der Waals surface area contributed by atoms with Crippen molar-refractivity contribution in [2.24, 2.45) is 10.9 Å². The van der Waals surface area contributed by atoms with Crippen LogP contribution in [0.1, 0.15) is 40.9 Å². The van der Waals surface area contributed by atoms with E-state index >= 15 is 0 Å². The number of amides is 2. The molecule has 5 rings (SSSR count). The van der Waals surface area contributed by atoms with Crippen molar-refractivity contribution < 1.29 is 14.0 Å². The molecular weight excluding hydrogens is 434 g/mol. The monoisotopic (exact) mass is 461 g/mol. The smallest absolute Gasteiger partial charge is 0.252 e. The molecule has 3 unspecified atom stereocenters. The van der Waals surface area contributed by atoms with Crippen LogP contribution in [0.2, 0.25) is 0 Å². The van der Waals surface area contributed by atoms with Crippen molar-refractivity contribution in [2.45, 2.75) is 37.1 Å². The van der Waals surface area contributed by atoms with Gasteiger partial charge in [0.05, 0.1) is 28.2 Å². The summed E-state index contributed by atoms with van der Waals surface area (Å²) in [6.45, 7) is 2.38. The van der Waals surface area contributed by atoms with Gasteiger partial charge < -0.3 is 14.6 Å². The first-order valence-corrected chi connectivity index (χ1v) is 12.2. The number of aliphatic imine (C=N–C) groups is 1. The third kappa shape index (κ3) is 4.42. The molecule has 0 spiro atoms. The second-order valence-corrected chi connectivity index (χ2v) is 10.1. The molecule has 1 N–H and O–H groups in total. The van der Waals surface area contributed by atoms with Gasteiger partial charge in [-0.1, -0.05) is 36.4 Å². The van der Waals surface area contributed by atoms with Crippen molar-refractivity contribution in [3.63, 3.8) is 0 Å². The molecule has 2 amide bonds. The van der Waals surface area contributed by atoms with E-state index in [0.717, 1.165) is 28.8 Å². The standard InChI is InChI=1S/C26H27N3O3S/c1-16-28-23(24(33-16)18-7-4-3-5-8-18)26(31)29(2)21(17-11-12-17)15-27-25(30)20-9-6-10-22-19(20)13-14-32-22/h3-10,13-14,17,21,23-24H,11-12,15H2,1-2H3,(H,27,30). The first kappa shape index (κ1) is 21.8. The lowest BCUT2D eigenvalue weighted by molar-refractivity contribution is -0.133. The topological polar surface area (TPSA) is 74.9 Å². The number of carbonyl (C=O) groups is 2. The van der Waals surface area contributed by atoms with Gasteiger partial charge in [-0.2, -0.15) is 0 Å². The maximum atomic E-state index is 13.6. The van der Waals surface area contributed by atoms with Crippen molar-refractivity contribution in [3.8, 4) is 0 Å². The van der Waals surface area contributed by atoms with Gasteiger partial charge in [0.2, 0.25) is 5.91 Å². The van der Waals surface area contributed by atoms with E-state index in [2.05, 4.69) is 17.4 Å². The third-order valence-electron chi connectivity index (χ3n) is 6.51. The number of benzene rings is 2. The average molecular weight is 462 g/mol. The van der Waals surface area contributed by atoms with Gasteiger partial charge in [-0.05, 0) is 49.4 Å². The van der Waals surface area contributed by atoms with Gasteiger partial charge in [-0.3, -0.25) is 14.6 Å². The zero-order valence-corrected chi connectivity index (χ0v) is 19.5. The van der Waals surface area contributed by atoms with Crippen molar-refractivity contribution in [1.29, 1.82) is 0 Å². The Bertz CT molecular complexity index is 1200. The van der Waals surface area contributed by atoms with Crippen LogP contribution < -0.4 is 5.32 Å². The molecule has 33 heavy (non-hydrogen) atoms. The molecule has 1 aromatic heterocycles. The predicted octanol–water partition coefficient (Wildman–Crippen LogP) is 4.67. The second kappa shape index (κ2) is 9.06. The maximum absolute atomic E-state index is 13.6. The van der Waals surface area contributed by atoms with Crippen molar-refractivity contribution in [2.75, 3.05) is 13.6 Å². The Balaban J connectivity index is 1.30. The molecule has 0 bridgehead atoms. The molecule has 7 heteroatoms.